The predicted octanol–water partition coefficient (Wildman–Crippen LogP) is 3.44. The van der Waals surface area contributed by atoms with E-state index in [-0.39, 0.29) is 5.91 Å². The third kappa shape index (κ3) is 4.12. The van der Waals surface area contributed by atoms with Gasteiger partial charge in [-0.2, -0.15) is 4.68 Å². The number of thioether (sulfide) groups is 1. The number of methoxy groups -OCH3 is 1. The summed E-state index contributed by atoms with van der Waals surface area (Å²) < 4.78 is 7.14. The van der Waals surface area contributed by atoms with E-state index in [1.807, 2.05) is 60.4 Å². The highest BCUT2D eigenvalue weighted by Gasteiger charge is 2.30. The van der Waals surface area contributed by atoms with Crippen LogP contribution in [0.1, 0.15) is 29.2 Å². The molecule has 1 amide bonds. The Morgan fingerprint density at radius 2 is 1.90 bits per heavy atom. The number of likely N-dealkylation sites (tertiary alicyclic amines) is 1. The first kappa shape index (κ1) is 19.4. The molecule has 0 spiro atoms. The van der Waals surface area contributed by atoms with E-state index < -0.39 is 5.25 Å². The number of aryl methyl sites for hydroxylation is 1. The van der Waals surface area contributed by atoms with Crippen LogP contribution in [0.15, 0.2) is 53.7 Å². The lowest BCUT2D eigenvalue weighted by Crippen LogP contribution is -2.31. The molecule has 0 bridgehead atoms. The summed E-state index contributed by atoms with van der Waals surface area (Å²) in [6, 6.07) is 15.7. The summed E-state index contributed by atoms with van der Waals surface area (Å²) >= 11 is 1.37. The molecule has 0 radical (unpaired) electrons. The van der Waals surface area contributed by atoms with Crippen LogP contribution in [0.4, 0.5) is 0 Å². The average Bonchev–Trinajstić information content (AvgIpc) is 3.44. The number of tetrazole rings is 1. The van der Waals surface area contributed by atoms with E-state index in [1.165, 1.54) is 11.8 Å². The fourth-order valence-electron chi connectivity index (χ4n) is 3.47. The molecule has 3 aromatic rings. The number of nitrogens with zero attached hydrogens (tertiary/aromatic N) is 5. The Bertz CT molecular complexity index is 986. The van der Waals surface area contributed by atoms with Gasteiger partial charge in [0.15, 0.2) is 0 Å². The van der Waals surface area contributed by atoms with Crippen molar-refractivity contribution in [2.75, 3.05) is 20.2 Å². The lowest BCUT2D eigenvalue weighted by molar-refractivity contribution is -0.129. The lowest BCUT2D eigenvalue weighted by Gasteiger charge is -2.22. The Hall–Kier alpha value is -2.87. The zero-order valence-corrected chi connectivity index (χ0v) is 17.3. The normalized spacial score (nSPS) is 14.8. The average molecular weight is 410 g/mol. The van der Waals surface area contributed by atoms with Gasteiger partial charge in [-0.05, 0) is 53.5 Å². The molecule has 8 heteroatoms. The van der Waals surface area contributed by atoms with Crippen LogP contribution in [0.3, 0.4) is 0 Å². The Kier molecular flexibility index (Phi) is 5.80. The molecule has 4 rings (SSSR count). The fourth-order valence-corrected chi connectivity index (χ4v) is 4.54. The number of amides is 1. The number of benzene rings is 2. The summed E-state index contributed by atoms with van der Waals surface area (Å²) in [6.45, 7) is 3.61. The van der Waals surface area contributed by atoms with E-state index in [2.05, 4.69) is 15.5 Å². The third-order valence-electron chi connectivity index (χ3n) is 4.97. The minimum absolute atomic E-state index is 0.101. The molecular weight excluding hydrogens is 386 g/mol. The van der Waals surface area contributed by atoms with E-state index in [0.717, 1.165) is 42.7 Å². The maximum atomic E-state index is 13.3. The van der Waals surface area contributed by atoms with Gasteiger partial charge in [0.25, 0.3) is 0 Å². The largest absolute Gasteiger partial charge is 0.494 e. The predicted molar refractivity (Wildman–Crippen MR) is 111 cm³/mol. The van der Waals surface area contributed by atoms with Gasteiger partial charge in [-0.1, -0.05) is 48.2 Å². The number of aromatic nitrogens is 4. The zero-order valence-electron chi connectivity index (χ0n) is 16.5. The fraction of sp³-hybridized carbons (Fsp3) is 0.333. The van der Waals surface area contributed by atoms with Crippen LogP contribution in [-0.4, -0.2) is 51.2 Å². The van der Waals surface area contributed by atoms with Crippen molar-refractivity contribution in [3.05, 3.63) is 59.7 Å². The molecular formula is C21H23N5O2S. The first-order valence-corrected chi connectivity index (χ1v) is 10.5. The molecule has 7 nitrogen and oxygen atoms in total. The zero-order chi connectivity index (χ0) is 20.2. The highest BCUT2D eigenvalue weighted by molar-refractivity contribution is 8.00. The van der Waals surface area contributed by atoms with Crippen molar-refractivity contribution in [2.24, 2.45) is 0 Å². The van der Waals surface area contributed by atoms with Gasteiger partial charge in [-0.25, -0.2) is 0 Å². The third-order valence-corrected chi connectivity index (χ3v) is 6.15. The molecule has 1 saturated heterocycles. The number of hydrogen-bond acceptors (Lipinski definition) is 6. The smallest absolute Gasteiger partial charge is 0.240 e. The van der Waals surface area contributed by atoms with Crippen molar-refractivity contribution >= 4 is 17.7 Å². The second kappa shape index (κ2) is 8.65. The van der Waals surface area contributed by atoms with Crippen LogP contribution >= 0.6 is 11.8 Å². The molecule has 0 unspecified atom stereocenters. The van der Waals surface area contributed by atoms with Gasteiger partial charge in [0.05, 0.1) is 7.11 Å². The van der Waals surface area contributed by atoms with Crippen molar-refractivity contribution in [1.29, 1.82) is 0 Å². The van der Waals surface area contributed by atoms with Crippen molar-refractivity contribution in [1.82, 2.24) is 25.1 Å². The molecule has 1 aliphatic heterocycles. The van der Waals surface area contributed by atoms with Gasteiger partial charge in [0, 0.05) is 13.1 Å². The molecule has 150 valence electrons. The van der Waals surface area contributed by atoms with Crippen LogP contribution < -0.4 is 4.74 Å². The monoisotopic (exact) mass is 409 g/mol. The molecule has 0 saturated carbocycles. The van der Waals surface area contributed by atoms with E-state index in [9.17, 15) is 4.79 Å². The molecule has 2 aromatic carbocycles. The van der Waals surface area contributed by atoms with E-state index in [0.29, 0.717) is 10.9 Å². The molecule has 1 atom stereocenters. The topological polar surface area (TPSA) is 73.1 Å². The Labute approximate surface area is 174 Å². The van der Waals surface area contributed by atoms with Gasteiger partial charge in [-0.15, -0.1) is 5.10 Å². The van der Waals surface area contributed by atoms with Crippen LogP contribution in [0.2, 0.25) is 0 Å². The molecule has 29 heavy (non-hydrogen) atoms. The molecule has 1 aromatic heterocycles. The quantitative estimate of drug-likeness (QED) is 0.581. The first-order chi connectivity index (χ1) is 14.2. The summed E-state index contributed by atoms with van der Waals surface area (Å²) in [7, 11) is 1.62. The number of carbonyl (C=O) groups is 1. The minimum Gasteiger partial charge on any atom is -0.494 e. The number of ether oxygens (including phenoxy) is 1. The van der Waals surface area contributed by atoms with Crippen LogP contribution in [0.25, 0.3) is 5.69 Å². The van der Waals surface area contributed by atoms with E-state index in [1.54, 1.807) is 11.8 Å². The second-order valence-electron chi connectivity index (χ2n) is 6.99. The van der Waals surface area contributed by atoms with Crippen molar-refractivity contribution in [3.63, 3.8) is 0 Å². The summed E-state index contributed by atoms with van der Waals surface area (Å²) in [5.41, 5.74) is 2.76. The van der Waals surface area contributed by atoms with Crippen LogP contribution in [-0.2, 0) is 4.79 Å². The molecule has 1 fully saturated rings. The number of hydrogen-bond donors (Lipinski definition) is 0. The molecule has 0 N–H and O–H groups in total. The maximum Gasteiger partial charge on any atom is 0.240 e. The van der Waals surface area contributed by atoms with Crippen molar-refractivity contribution < 1.29 is 9.53 Å². The molecule has 2 heterocycles. The van der Waals surface area contributed by atoms with E-state index in [4.69, 9.17) is 4.74 Å². The Balaban J connectivity index is 1.70. The summed E-state index contributed by atoms with van der Waals surface area (Å²) in [6.07, 6.45) is 2.10. The van der Waals surface area contributed by atoms with Gasteiger partial charge in [0.2, 0.25) is 11.1 Å². The summed E-state index contributed by atoms with van der Waals surface area (Å²) in [5.74, 6) is 0.774. The standard InChI is InChI=1S/C21H23N5O2S/c1-15-10-11-18(28-2)17(14-15)26-21(22-23-24-26)29-19(16-8-4-3-5-9-16)20(27)25-12-6-7-13-25/h3-5,8-11,14,19H,6-7,12-13H2,1-2H3/t19-/m0/s1. The highest BCUT2D eigenvalue weighted by Crippen LogP contribution is 2.38. The first-order valence-electron chi connectivity index (χ1n) is 9.61. The Morgan fingerprint density at radius 1 is 1.14 bits per heavy atom. The van der Waals surface area contributed by atoms with Crippen molar-refractivity contribution in [2.45, 2.75) is 30.2 Å². The minimum atomic E-state index is -0.408. The van der Waals surface area contributed by atoms with Crippen molar-refractivity contribution in [3.8, 4) is 11.4 Å². The lowest BCUT2D eigenvalue weighted by atomic mass is 10.1. The summed E-state index contributed by atoms with van der Waals surface area (Å²) in [4.78, 5) is 15.2. The second-order valence-corrected chi connectivity index (χ2v) is 8.06. The highest BCUT2D eigenvalue weighted by atomic mass is 32.2. The van der Waals surface area contributed by atoms with Gasteiger partial charge < -0.3 is 9.64 Å². The number of carbonyl (C=O) groups excluding carboxylic acids is 1. The van der Waals surface area contributed by atoms with Gasteiger partial charge in [0.1, 0.15) is 16.7 Å². The molecule has 0 aliphatic carbocycles. The molecule has 1 aliphatic rings. The summed E-state index contributed by atoms with van der Waals surface area (Å²) in [5, 5.41) is 12.4. The number of rotatable bonds is 6. The SMILES string of the molecule is COc1ccc(C)cc1-n1nnnc1S[C@H](C(=O)N1CCCC1)c1ccccc1. The van der Waals surface area contributed by atoms with Gasteiger partial charge in [-0.3, -0.25) is 4.79 Å². The van der Waals surface area contributed by atoms with E-state index >= 15 is 0 Å². The Morgan fingerprint density at radius 3 is 2.62 bits per heavy atom. The van der Waals surface area contributed by atoms with Crippen LogP contribution in [0, 0.1) is 6.92 Å². The maximum absolute atomic E-state index is 13.3. The van der Waals surface area contributed by atoms with Crippen LogP contribution in [0.5, 0.6) is 5.75 Å². The van der Waals surface area contributed by atoms with Gasteiger partial charge >= 0.3 is 0 Å².